The molecule has 25 heavy (non-hydrogen) atoms. The van der Waals surface area contributed by atoms with Gasteiger partial charge in [0, 0.05) is 11.4 Å². The zero-order valence-electron chi connectivity index (χ0n) is 15.7. The van der Waals surface area contributed by atoms with Crippen LogP contribution < -0.4 is 4.74 Å². The molecule has 0 aliphatic carbocycles. The number of rotatable bonds is 8. The molecule has 1 heterocycles. The van der Waals surface area contributed by atoms with Crippen LogP contribution in [0.5, 0.6) is 5.75 Å². The van der Waals surface area contributed by atoms with Crippen LogP contribution in [0, 0.1) is 6.92 Å². The molecule has 1 aromatic heterocycles. The van der Waals surface area contributed by atoms with Crippen molar-refractivity contribution in [1.82, 2.24) is 0 Å². The Kier molecular flexibility index (Phi) is 7.01. The third-order valence-corrected chi connectivity index (χ3v) is 5.12. The Morgan fingerprint density at radius 2 is 1.96 bits per heavy atom. The zero-order chi connectivity index (χ0) is 18.6. The molecular formula is C20H28BrClNO2+. The fourth-order valence-electron chi connectivity index (χ4n) is 2.86. The van der Waals surface area contributed by atoms with E-state index >= 15 is 0 Å². The first-order valence-corrected chi connectivity index (χ1v) is 9.84. The fourth-order valence-corrected chi connectivity index (χ4v) is 3.37. The number of quaternary nitrogens is 1. The lowest BCUT2D eigenvalue weighted by atomic mass is 10.0. The molecule has 0 radical (unpaired) electrons. The highest BCUT2D eigenvalue weighted by Gasteiger charge is 2.18. The number of hydrogen-bond acceptors (Lipinski definition) is 2. The largest absolute Gasteiger partial charge is 0.493 e. The Morgan fingerprint density at radius 3 is 2.56 bits per heavy atom. The van der Waals surface area contributed by atoms with Crippen molar-refractivity contribution in [2.45, 2.75) is 39.7 Å². The second-order valence-electron chi connectivity index (χ2n) is 7.52. The summed E-state index contributed by atoms with van der Waals surface area (Å²) in [5.41, 5.74) is 2.23. The molecule has 1 aromatic carbocycles. The molecule has 0 unspecified atom stereocenters. The summed E-state index contributed by atoms with van der Waals surface area (Å²) in [4.78, 5) is 0. The molecule has 0 saturated carbocycles. The number of furan rings is 1. The number of nitrogens with zero attached hydrogens (tertiary/aromatic N) is 1. The third kappa shape index (κ3) is 6.05. The number of halogens is 2. The van der Waals surface area contributed by atoms with Crippen LogP contribution in [0.1, 0.15) is 43.1 Å². The van der Waals surface area contributed by atoms with E-state index in [-0.39, 0.29) is 0 Å². The Balaban J connectivity index is 1.89. The van der Waals surface area contributed by atoms with Crippen molar-refractivity contribution < 1.29 is 13.6 Å². The summed E-state index contributed by atoms with van der Waals surface area (Å²) in [6.07, 6.45) is 0.980. The first-order chi connectivity index (χ1) is 11.7. The van der Waals surface area contributed by atoms with Crippen LogP contribution in [0.4, 0.5) is 0 Å². The summed E-state index contributed by atoms with van der Waals surface area (Å²) in [5, 5.41) is 0.804. The number of ether oxygens (including phenoxy) is 1. The van der Waals surface area contributed by atoms with Gasteiger partial charge < -0.3 is 13.6 Å². The van der Waals surface area contributed by atoms with Gasteiger partial charge in [0.1, 0.15) is 12.3 Å². The average molecular weight is 430 g/mol. The van der Waals surface area contributed by atoms with E-state index in [0.717, 1.165) is 50.8 Å². The SMILES string of the molecule is Cc1cc(OCCC[N+](C)(C)Cc2ccc(Br)o2)c(C(C)C)cc1Cl. The number of aryl methyl sites for hydroxylation is 1. The second kappa shape index (κ2) is 8.61. The fraction of sp³-hybridized carbons (Fsp3) is 0.500. The average Bonchev–Trinajstić information content (AvgIpc) is 2.90. The van der Waals surface area contributed by atoms with Crippen LogP contribution in [0.15, 0.2) is 33.4 Å². The first-order valence-electron chi connectivity index (χ1n) is 8.67. The summed E-state index contributed by atoms with van der Waals surface area (Å²) in [6.45, 7) is 8.92. The van der Waals surface area contributed by atoms with E-state index in [9.17, 15) is 0 Å². The van der Waals surface area contributed by atoms with Crippen molar-refractivity contribution in [1.29, 1.82) is 0 Å². The Morgan fingerprint density at radius 1 is 1.24 bits per heavy atom. The summed E-state index contributed by atoms with van der Waals surface area (Å²) in [6, 6.07) is 8.05. The Labute approximate surface area is 164 Å². The van der Waals surface area contributed by atoms with E-state index < -0.39 is 0 Å². The first kappa shape index (κ1) is 20.3. The van der Waals surface area contributed by atoms with Crippen molar-refractivity contribution in [3.63, 3.8) is 0 Å². The van der Waals surface area contributed by atoms with Gasteiger partial charge in [-0.25, -0.2) is 0 Å². The predicted molar refractivity (Wildman–Crippen MR) is 107 cm³/mol. The van der Waals surface area contributed by atoms with Crippen LogP contribution in [-0.2, 0) is 6.54 Å². The summed E-state index contributed by atoms with van der Waals surface area (Å²) in [7, 11) is 4.42. The maximum absolute atomic E-state index is 6.26. The molecular weight excluding hydrogens is 402 g/mol. The molecule has 0 saturated heterocycles. The van der Waals surface area contributed by atoms with Gasteiger partial charge in [-0.2, -0.15) is 0 Å². The van der Waals surface area contributed by atoms with Gasteiger partial charge in [-0.3, -0.25) is 0 Å². The highest BCUT2D eigenvalue weighted by molar-refractivity contribution is 9.10. The molecule has 0 amide bonds. The second-order valence-corrected chi connectivity index (χ2v) is 8.71. The van der Waals surface area contributed by atoms with Crippen molar-refractivity contribution in [2.75, 3.05) is 27.2 Å². The summed E-state index contributed by atoms with van der Waals surface area (Å²) < 4.78 is 13.3. The zero-order valence-corrected chi connectivity index (χ0v) is 18.1. The van der Waals surface area contributed by atoms with Crippen molar-refractivity contribution in [3.8, 4) is 5.75 Å². The molecule has 0 aliphatic heterocycles. The van der Waals surface area contributed by atoms with Gasteiger partial charge in [0.15, 0.2) is 10.4 Å². The third-order valence-electron chi connectivity index (χ3n) is 4.29. The summed E-state index contributed by atoms with van der Waals surface area (Å²) >= 11 is 9.62. The van der Waals surface area contributed by atoms with E-state index in [1.165, 1.54) is 5.56 Å². The van der Waals surface area contributed by atoms with Gasteiger partial charge in [-0.15, -0.1) is 0 Å². The Bertz CT molecular complexity index is 710. The van der Waals surface area contributed by atoms with Gasteiger partial charge in [0.2, 0.25) is 0 Å². The lowest BCUT2D eigenvalue weighted by Crippen LogP contribution is -2.40. The topological polar surface area (TPSA) is 22.4 Å². The summed E-state index contributed by atoms with van der Waals surface area (Å²) in [5.74, 6) is 2.34. The molecule has 0 atom stereocenters. The van der Waals surface area contributed by atoms with Crippen LogP contribution in [0.25, 0.3) is 0 Å². The van der Waals surface area contributed by atoms with Crippen molar-refractivity contribution in [3.05, 3.63) is 50.8 Å². The molecule has 5 heteroatoms. The number of benzene rings is 1. The predicted octanol–water partition coefficient (Wildman–Crippen LogP) is 6.17. The highest BCUT2D eigenvalue weighted by Crippen LogP contribution is 2.32. The normalized spacial score (nSPS) is 12.0. The monoisotopic (exact) mass is 428 g/mol. The highest BCUT2D eigenvalue weighted by atomic mass is 79.9. The molecule has 2 rings (SSSR count). The van der Waals surface area contributed by atoms with Crippen LogP contribution in [0.3, 0.4) is 0 Å². The van der Waals surface area contributed by atoms with E-state index in [2.05, 4.69) is 49.9 Å². The molecule has 0 bridgehead atoms. The van der Waals surface area contributed by atoms with Gasteiger partial charge in [-0.1, -0.05) is 25.4 Å². The number of hydrogen-bond donors (Lipinski definition) is 0. The van der Waals surface area contributed by atoms with Crippen LogP contribution >= 0.6 is 27.5 Å². The van der Waals surface area contributed by atoms with E-state index in [1.54, 1.807) is 0 Å². The van der Waals surface area contributed by atoms with Gasteiger partial charge >= 0.3 is 0 Å². The van der Waals surface area contributed by atoms with E-state index in [0.29, 0.717) is 12.5 Å². The molecule has 0 N–H and O–H groups in total. The molecule has 0 aliphatic rings. The van der Waals surface area contributed by atoms with Crippen molar-refractivity contribution >= 4 is 27.5 Å². The smallest absolute Gasteiger partial charge is 0.169 e. The maximum Gasteiger partial charge on any atom is 0.169 e. The quantitative estimate of drug-likeness (QED) is 0.369. The van der Waals surface area contributed by atoms with Crippen molar-refractivity contribution in [2.24, 2.45) is 0 Å². The van der Waals surface area contributed by atoms with E-state index in [4.69, 9.17) is 20.8 Å². The van der Waals surface area contributed by atoms with Gasteiger partial charge in [0.25, 0.3) is 0 Å². The van der Waals surface area contributed by atoms with Gasteiger partial charge in [0.05, 0.1) is 27.2 Å². The standard InChI is InChI=1S/C20H28BrClNO2/c1-14(2)17-12-18(22)15(3)11-19(17)24-10-6-9-23(4,5)13-16-7-8-20(21)25-16/h7-8,11-12,14H,6,9-10,13H2,1-5H3/q+1. The van der Waals surface area contributed by atoms with E-state index in [1.807, 2.05) is 25.1 Å². The minimum absolute atomic E-state index is 0.387. The maximum atomic E-state index is 6.26. The lowest BCUT2D eigenvalue weighted by molar-refractivity contribution is -0.904. The lowest BCUT2D eigenvalue weighted by Gasteiger charge is -2.28. The van der Waals surface area contributed by atoms with Crippen LogP contribution in [-0.4, -0.2) is 31.7 Å². The molecule has 0 fully saturated rings. The minimum atomic E-state index is 0.387. The minimum Gasteiger partial charge on any atom is -0.493 e. The molecule has 0 spiro atoms. The molecule has 138 valence electrons. The molecule has 2 aromatic rings. The Hall–Kier alpha value is -0.970. The molecule has 3 nitrogen and oxygen atoms in total. The van der Waals surface area contributed by atoms with Gasteiger partial charge in [-0.05, 0) is 64.2 Å². The van der Waals surface area contributed by atoms with Crippen LogP contribution in [0.2, 0.25) is 5.02 Å².